The fourth-order valence-electron chi connectivity index (χ4n) is 5.28. The molecule has 1 heterocycles. The zero-order chi connectivity index (χ0) is 25.5. The van der Waals surface area contributed by atoms with Crippen LogP contribution in [-0.4, -0.2) is 55.3 Å². The van der Waals surface area contributed by atoms with E-state index in [0.717, 1.165) is 82.3 Å². The lowest BCUT2D eigenvalue weighted by Crippen LogP contribution is -2.38. The van der Waals surface area contributed by atoms with E-state index >= 15 is 0 Å². The zero-order valence-corrected chi connectivity index (χ0v) is 21.7. The van der Waals surface area contributed by atoms with Gasteiger partial charge in [-0.25, -0.2) is 8.42 Å². The van der Waals surface area contributed by atoms with Gasteiger partial charge in [-0.3, -0.25) is 0 Å². The molecule has 198 valence electrons. The van der Waals surface area contributed by atoms with Crippen molar-refractivity contribution in [1.82, 2.24) is 5.32 Å². The van der Waals surface area contributed by atoms with Crippen molar-refractivity contribution in [2.24, 2.45) is 0 Å². The fourth-order valence-corrected chi connectivity index (χ4v) is 6.89. The topological polar surface area (TPSA) is 116 Å². The van der Waals surface area contributed by atoms with Crippen LogP contribution < -0.4 is 5.32 Å². The first-order valence-electron chi connectivity index (χ1n) is 13.2. The maximum atomic E-state index is 12.1. The quantitative estimate of drug-likeness (QED) is 0.235. The Labute approximate surface area is 214 Å². The molecule has 4 rings (SSSR count). The number of hydrogen-bond acceptors (Lipinski definition) is 7. The molecule has 36 heavy (non-hydrogen) atoms. The van der Waals surface area contributed by atoms with Crippen molar-refractivity contribution in [2.45, 2.75) is 81.2 Å². The van der Waals surface area contributed by atoms with E-state index in [0.29, 0.717) is 28.9 Å². The minimum Gasteiger partial charge on any atom is -0.504 e. The van der Waals surface area contributed by atoms with Crippen molar-refractivity contribution in [2.75, 3.05) is 25.5 Å². The first-order valence-corrected chi connectivity index (χ1v) is 14.9. The average molecular weight is 518 g/mol. The molecule has 1 aliphatic heterocycles. The lowest BCUT2D eigenvalue weighted by atomic mass is 9.85. The van der Waals surface area contributed by atoms with Gasteiger partial charge in [-0.1, -0.05) is 31.0 Å². The number of nitrogens with one attached hydrogen (secondary N) is 1. The molecule has 2 aromatic carbocycles. The minimum atomic E-state index is -3.06. The Hall–Kier alpha value is -2.13. The summed E-state index contributed by atoms with van der Waals surface area (Å²) in [6.45, 7) is 2.34. The highest BCUT2D eigenvalue weighted by Crippen LogP contribution is 2.39. The molecule has 2 atom stereocenters. The van der Waals surface area contributed by atoms with Gasteiger partial charge < -0.3 is 25.4 Å². The lowest BCUT2D eigenvalue weighted by molar-refractivity contribution is 0.113. The van der Waals surface area contributed by atoms with E-state index in [1.807, 2.05) is 12.1 Å². The minimum absolute atomic E-state index is 0.0361. The Morgan fingerprint density at radius 1 is 0.944 bits per heavy atom. The number of sulfone groups is 1. The Morgan fingerprint density at radius 3 is 2.56 bits per heavy atom. The van der Waals surface area contributed by atoms with Crippen molar-refractivity contribution >= 4 is 9.84 Å². The van der Waals surface area contributed by atoms with Crippen molar-refractivity contribution in [3.8, 4) is 11.5 Å². The highest BCUT2D eigenvalue weighted by molar-refractivity contribution is 7.91. The maximum absolute atomic E-state index is 12.1. The standard InChI is InChI=1S/C28H39NO6S/c30-25-13-11-22-23(28(25)32)10-12-24(27(22)31)29-15-4-1-2-5-16-35-17-6-3-7-20-8-9-21-14-18-36(33,34)26(21)19-20/h8-9,11,13,19,24,27,29-32H,1-7,10,12,14-18H2/t24-,27-/m1/s1. The second kappa shape index (κ2) is 12.4. The van der Waals surface area contributed by atoms with Gasteiger partial charge in [-0.15, -0.1) is 0 Å². The summed E-state index contributed by atoms with van der Waals surface area (Å²) in [5.41, 5.74) is 3.40. The lowest BCUT2D eigenvalue weighted by Gasteiger charge is -2.31. The predicted octanol–water partition coefficient (Wildman–Crippen LogP) is 3.97. The number of aromatic hydroxyl groups is 2. The van der Waals surface area contributed by atoms with Crippen LogP contribution >= 0.6 is 0 Å². The molecular formula is C28H39NO6S. The average Bonchev–Trinajstić information content (AvgIpc) is 3.17. The normalized spacial score (nSPS) is 20.2. The third kappa shape index (κ3) is 6.59. The smallest absolute Gasteiger partial charge is 0.178 e. The summed E-state index contributed by atoms with van der Waals surface area (Å²) in [5, 5.41) is 33.7. The Balaban J connectivity index is 1.01. The van der Waals surface area contributed by atoms with Gasteiger partial charge in [0.1, 0.15) is 0 Å². The van der Waals surface area contributed by atoms with Crippen LogP contribution in [-0.2, 0) is 33.8 Å². The van der Waals surface area contributed by atoms with Gasteiger partial charge in [0.15, 0.2) is 21.3 Å². The summed E-state index contributed by atoms with van der Waals surface area (Å²) < 4.78 is 29.9. The van der Waals surface area contributed by atoms with E-state index in [9.17, 15) is 23.7 Å². The number of rotatable bonds is 13. The second-order valence-corrected chi connectivity index (χ2v) is 12.1. The molecule has 0 amide bonds. The third-order valence-electron chi connectivity index (χ3n) is 7.44. The highest BCUT2D eigenvalue weighted by atomic mass is 32.2. The monoisotopic (exact) mass is 517 g/mol. The predicted molar refractivity (Wildman–Crippen MR) is 139 cm³/mol. The maximum Gasteiger partial charge on any atom is 0.178 e. The molecule has 8 heteroatoms. The zero-order valence-electron chi connectivity index (χ0n) is 20.9. The van der Waals surface area contributed by atoms with Gasteiger partial charge in [-0.2, -0.15) is 0 Å². The number of hydrogen-bond donors (Lipinski definition) is 4. The first-order chi connectivity index (χ1) is 17.4. The van der Waals surface area contributed by atoms with Crippen LogP contribution in [0, 0.1) is 0 Å². The molecule has 2 aromatic rings. The van der Waals surface area contributed by atoms with Crippen LogP contribution in [0.25, 0.3) is 0 Å². The molecule has 0 unspecified atom stereocenters. The van der Waals surface area contributed by atoms with Crippen LogP contribution in [0.5, 0.6) is 11.5 Å². The number of aliphatic hydroxyl groups excluding tert-OH is 1. The van der Waals surface area contributed by atoms with Gasteiger partial charge in [-0.05, 0) is 86.7 Å². The third-order valence-corrected chi connectivity index (χ3v) is 9.23. The number of phenolic OH excluding ortho intramolecular Hbond substituents is 2. The van der Waals surface area contributed by atoms with Crippen LogP contribution in [0.4, 0.5) is 0 Å². The summed E-state index contributed by atoms with van der Waals surface area (Å²) in [7, 11) is -3.06. The molecule has 0 saturated heterocycles. The van der Waals surface area contributed by atoms with E-state index in [2.05, 4.69) is 11.4 Å². The van der Waals surface area contributed by atoms with Crippen molar-refractivity contribution < 1.29 is 28.5 Å². The Morgan fingerprint density at radius 2 is 1.72 bits per heavy atom. The molecule has 0 bridgehead atoms. The summed E-state index contributed by atoms with van der Waals surface area (Å²) in [6, 6.07) is 8.98. The van der Waals surface area contributed by atoms with Gasteiger partial charge >= 0.3 is 0 Å². The van der Waals surface area contributed by atoms with Crippen molar-refractivity contribution in [3.63, 3.8) is 0 Å². The van der Waals surface area contributed by atoms with Crippen molar-refractivity contribution in [3.05, 3.63) is 52.6 Å². The summed E-state index contributed by atoms with van der Waals surface area (Å²) in [6.07, 6.45) is 8.44. The van der Waals surface area contributed by atoms with Crippen molar-refractivity contribution in [1.29, 1.82) is 0 Å². The number of benzene rings is 2. The number of fused-ring (bicyclic) bond motifs is 2. The van der Waals surface area contributed by atoms with Crippen LogP contribution in [0.15, 0.2) is 35.2 Å². The van der Waals surface area contributed by atoms with E-state index in [1.165, 1.54) is 6.07 Å². The summed E-state index contributed by atoms with van der Waals surface area (Å²) >= 11 is 0. The van der Waals surface area contributed by atoms with E-state index in [4.69, 9.17) is 4.74 Å². The molecule has 2 aliphatic rings. The fraction of sp³-hybridized carbons (Fsp3) is 0.571. The largest absolute Gasteiger partial charge is 0.504 e. The van der Waals surface area contributed by atoms with Crippen LogP contribution in [0.2, 0.25) is 0 Å². The summed E-state index contributed by atoms with van der Waals surface area (Å²) in [5.74, 6) is 0.00259. The molecular weight excluding hydrogens is 478 g/mol. The Kier molecular flexibility index (Phi) is 9.28. The number of aliphatic hydroxyl groups is 1. The molecule has 0 spiro atoms. The first kappa shape index (κ1) is 26.9. The number of ether oxygens (including phenoxy) is 1. The Bertz CT molecular complexity index is 1130. The molecule has 4 N–H and O–H groups in total. The van der Waals surface area contributed by atoms with E-state index < -0.39 is 15.9 Å². The number of aryl methyl sites for hydroxylation is 2. The molecule has 0 fully saturated rings. The second-order valence-electron chi connectivity index (χ2n) is 10.0. The number of phenols is 2. The van der Waals surface area contributed by atoms with E-state index in [-0.39, 0.29) is 23.3 Å². The molecule has 0 aromatic heterocycles. The van der Waals surface area contributed by atoms with E-state index in [1.54, 1.807) is 6.07 Å². The van der Waals surface area contributed by atoms with Gasteiger partial charge in [0.2, 0.25) is 0 Å². The molecule has 0 saturated carbocycles. The molecule has 0 radical (unpaired) electrons. The summed E-state index contributed by atoms with van der Waals surface area (Å²) in [4.78, 5) is 0.535. The van der Waals surface area contributed by atoms with Gasteiger partial charge in [0.05, 0.1) is 16.8 Å². The van der Waals surface area contributed by atoms with Crippen LogP contribution in [0.1, 0.15) is 73.3 Å². The van der Waals surface area contributed by atoms with Crippen LogP contribution in [0.3, 0.4) is 0 Å². The van der Waals surface area contributed by atoms with Gasteiger partial charge in [0.25, 0.3) is 0 Å². The molecule has 7 nitrogen and oxygen atoms in total. The SMILES string of the molecule is O=S1(=O)CCc2ccc(CCCCOCCCCCCN[C@@H]3CCc4c(ccc(O)c4O)[C@H]3O)cc21. The highest BCUT2D eigenvalue weighted by Gasteiger charge is 2.30. The number of unbranched alkanes of at least 4 members (excludes halogenated alkanes) is 4. The van der Waals surface area contributed by atoms with Gasteiger partial charge in [0, 0.05) is 24.8 Å². The molecule has 1 aliphatic carbocycles.